The molecular formula is C25H28N4O3. The van der Waals surface area contributed by atoms with Crippen LogP contribution in [-0.4, -0.2) is 32.9 Å². The zero-order valence-corrected chi connectivity index (χ0v) is 18.5. The number of aryl methyl sites for hydroxylation is 1. The maximum Gasteiger partial charge on any atom is 0.332 e. The SMILES string of the molecule is Cc1ccccc1C1CCCN1CC(=O)c1c(N)n(Cc2ccccc2)c(=O)n(C)c1=O. The summed E-state index contributed by atoms with van der Waals surface area (Å²) in [6, 6.07) is 17.7. The number of ketones is 1. The Labute approximate surface area is 186 Å². The number of rotatable bonds is 6. The zero-order valence-electron chi connectivity index (χ0n) is 18.5. The molecule has 0 saturated carbocycles. The van der Waals surface area contributed by atoms with Crippen molar-refractivity contribution in [3.05, 3.63) is 97.7 Å². The third-order valence-electron chi connectivity index (χ3n) is 6.30. The molecule has 1 aliphatic heterocycles. The van der Waals surface area contributed by atoms with Gasteiger partial charge < -0.3 is 5.73 Å². The molecule has 166 valence electrons. The summed E-state index contributed by atoms with van der Waals surface area (Å²) < 4.78 is 2.27. The van der Waals surface area contributed by atoms with E-state index in [1.165, 1.54) is 22.7 Å². The van der Waals surface area contributed by atoms with Crippen LogP contribution in [0, 0.1) is 6.92 Å². The Morgan fingerprint density at radius 2 is 1.75 bits per heavy atom. The first-order valence-electron chi connectivity index (χ1n) is 10.8. The molecule has 4 rings (SSSR count). The second kappa shape index (κ2) is 8.96. The van der Waals surface area contributed by atoms with Gasteiger partial charge >= 0.3 is 5.69 Å². The second-order valence-electron chi connectivity index (χ2n) is 8.39. The fourth-order valence-corrected chi connectivity index (χ4v) is 4.56. The van der Waals surface area contributed by atoms with Crippen LogP contribution in [0.15, 0.2) is 64.2 Å². The van der Waals surface area contributed by atoms with Crippen molar-refractivity contribution in [1.82, 2.24) is 14.0 Å². The van der Waals surface area contributed by atoms with Crippen molar-refractivity contribution in [3.63, 3.8) is 0 Å². The van der Waals surface area contributed by atoms with Crippen LogP contribution in [0.3, 0.4) is 0 Å². The number of carbonyl (C=O) groups is 1. The van der Waals surface area contributed by atoms with Gasteiger partial charge in [-0.25, -0.2) is 4.79 Å². The highest BCUT2D eigenvalue weighted by Crippen LogP contribution is 2.33. The maximum absolute atomic E-state index is 13.3. The van der Waals surface area contributed by atoms with Gasteiger partial charge in [0.2, 0.25) is 0 Å². The minimum atomic E-state index is -0.645. The molecule has 0 spiro atoms. The van der Waals surface area contributed by atoms with Crippen molar-refractivity contribution in [2.75, 3.05) is 18.8 Å². The van der Waals surface area contributed by atoms with Crippen molar-refractivity contribution in [2.45, 2.75) is 32.4 Å². The van der Waals surface area contributed by atoms with Gasteiger partial charge in [0.15, 0.2) is 5.78 Å². The minimum Gasteiger partial charge on any atom is -0.384 e. The molecule has 32 heavy (non-hydrogen) atoms. The lowest BCUT2D eigenvalue weighted by Crippen LogP contribution is -2.44. The van der Waals surface area contributed by atoms with Gasteiger partial charge in [0.05, 0.1) is 13.1 Å². The number of aromatic nitrogens is 2. The molecule has 1 fully saturated rings. The number of Topliss-reactive ketones (excluding diaryl/α,β-unsaturated/α-hetero) is 1. The van der Waals surface area contributed by atoms with Crippen LogP contribution in [-0.2, 0) is 13.6 Å². The molecule has 1 aromatic heterocycles. The van der Waals surface area contributed by atoms with Gasteiger partial charge in [-0.15, -0.1) is 0 Å². The summed E-state index contributed by atoms with van der Waals surface area (Å²) in [6.07, 6.45) is 1.94. The summed E-state index contributed by atoms with van der Waals surface area (Å²) in [6.45, 7) is 3.12. The van der Waals surface area contributed by atoms with Crippen molar-refractivity contribution in [2.24, 2.45) is 7.05 Å². The third kappa shape index (κ3) is 4.03. The topological polar surface area (TPSA) is 90.3 Å². The van der Waals surface area contributed by atoms with E-state index in [0.29, 0.717) is 0 Å². The van der Waals surface area contributed by atoms with Gasteiger partial charge in [-0.2, -0.15) is 0 Å². The number of nitrogen functional groups attached to an aromatic ring is 1. The van der Waals surface area contributed by atoms with E-state index in [-0.39, 0.29) is 36.3 Å². The van der Waals surface area contributed by atoms with Crippen LogP contribution in [0.2, 0.25) is 0 Å². The van der Waals surface area contributed by atoms with Crippen molar-refractivity contribution < 1.29 is 4.79 Å². The number of nitrogens with two attached hydrogens (primary N) is 1. The molecule has 7 nitrogen and oxygen atoms in total. The Morgan fingerprint density at radius 3 is 2.47 bits per heavy atom. The second-order valence-corrected chi connectivity index (χ2v) is 8.39. The highest BCUT2D eigenvalue weighted by atomic mass is 16.2. The number of anilines is 1. The average molecular weight is 433 g/mol. The molecule has 1 unspecified atom stereocenters. The molecule has 0 amide bonds. The molecule has 1 atom stereocenters. The van der Waals surface area contributed by atoms with E-state index in [2.05, 4.69) is 24.0 Å². The number of likely N-dealkylation sites (tertiary alicyclic amines) is 1. The van der Waals surface area contributed by atoms with Gasteiger partial charge in [0.25, 0.3) is 5.56 Å². The highest BCUT2D eigenvalue weighted by Gasteiger charge is 2.31. The largest absolute Gasteiger partial charge is 0.384 e. The van der Waals surface area contributed by atoms with Gasteiger partial charge in [-0.05, 0) is 43.0 Å². The van der Waals surface area contributed by atoms with Gasteiger partial charge in [0.1, 0.15) is 11.4 Å². The van der Waals surface area contributed by atoms with E-state index in [1.807, 2.05) is 42.5 Å². The molecule has 7 heteroatoms. The standard InChI is InChI=1S/C25H28N4O3/c1-17-9-6-7-12-19(17)20-13-8-14-28(20)16-21(30)22-23(26)29(25(32)27(2)24(22)31)15-18-10-4-3-5-11-18/h3-7,9-12,20H,8,13-16,26H2,1-2H3. The van der Waals surface area contributed by atoms with E-state index in [4.69, 9.17) is 5.73 Å². The highest BCUT2D eigenvalue weighted by molar-refractivity contribution is 6.01. The van der Waals surface area contributed by atoms with E-state index < -0.39 is 11.2 Å². The van der Waals surface area contributed by atoms with Gasteiger partial charge in [-0.3, -0.25) is 23.6 Å². The predicted octanol–water partition coefficient (Wildman–Crippen LogP) is 2.51. The Bertz CT molecular complexity index is 1260. The van der Waals surface area contributed by atoms with Crippen LogP contribution in [0.4, 0.5) is 5.82 Å². The fraction of sp³-hybridized carbons (Fsp3) is 0.320. The molecular weight excluding hydrogens is 404 g/mol. The predicted molar refractivity (Wildman–Crippen MR) is 125 cm³/mol. The van der Waals surface area contributed by atoms with Crippen LogP contribution in [0.5, 0.6) is 0 Å². The molecule has 2 N–H and O–H groups in total. The fourth-order valence-electron chi connectivity index (χ4n) is 4.56. The normalized spacial score (nSPS) is 16.4. The summed E-state index contributed by atoms with van der Waals surface area (Å²) in [7, 11) is 1.38. The van der Waals surface area contributed by atoms with Crippen LogP contribution in [0.25, 0.3) is 0 Å². The van der Waals surface area contributed by atoms with Crippen molar-refractivity contribution >= 4 is 11.6 Å². The lowest BCUT2D eigenvalue weighted by Gasteiger charge is -2.25. The van der Waals surface area contributed by atoms with Crippen LogP contribution in [0.1, 0.15) is 45.9 Å². The molecule has 3 aromatic rings. The Hall–Kier alpha value is -3.45. The Morgan fingerprint density at radius 1 is 1.06 bits per heavy atom. The van der Waals surface area contributed by atoms with Crippen molar-refractivity contribution in [3.8, 4) is 0 Å². The summed E-state index contributed by atoms with van der Waals surface area (Å²) in [4.78, 5) is 41.0. The van der Waals surface area contributed by atoms with Crippen LogP contribution >= 0.6 is 0 Å². The molecule has 1 aliphatic rings. The monoisotopic (exact) mass is 432 g/mol. The zero-order chi connectivity index (χ0) is 22.8. The smallest absolute Gasteiger partial charge is 0.332 e. The van der Waals surface area contributed by atoms with Crippen molar-refractivity contribution in [1.29, 1.82) is 0 Å². The number of hydrogen-bond acceptors (Lipinski definition) is 5. The average Bonchev–Trinajstić information content (AvgIpc) is 3.24. The van der Waals surface area contributed by atoms with Crippen LogP contribution < -0.4 is 17.0 Å². The Balaban J connectivity index is 1.67. The molecule has 1 saturated heterocycles. The summed E-state index contributed by atoms with van der Waals surface area (Å²) in [5, 5.41) is 0. The number of carbonyl (C=O) groups excluding carboxylic acids is 1. The molecule has 0 aliphatic carbocycles. The van der Waals surface area contributed by atoms with E-state index in [0.717, 1.165) is 29.5 Å². The summed E-state index contributed by atoms with van der Waals surface area (Å²) in [5.74, 6) is -0.427. The molecule has 0 bridgehead atoms. The Kier molecular flexibility index (Phi) is 6.10. The first-order chi connectivity index (χ1) is 15.4. The first-order valence-corrected chi connectivity index (χ1v) is 10.8. The minimum absolute atomic E-state index is 0.0707. The maximum atomic E-state index is 13.3. The quantitative estimate of drug-likeness (QED) is 0.605. The van der Waals surface area contributed by atoms with E-state index in [1.54, 1.807) is 0 Å². The molecule has 2 aromatic carbocycles. The number of nitrogens with zero attached hydrogens (tertiary/aromatic N) is 3. The summed E-state index contributed by atoms with van der Waals surface area (Å²) >= 11 is 0. The molecule has 0 radical (unpaired) electrons. The summed E-state index contributed by atoms with van der Waals surface area (Å²) in [5.41, 5.74) is 8.21. The number of hydrogen-bond donors (Lipinski definition) is 1. The van der Waals surface area contributed by atoms with E-state index >= 15 is 0 Å². The first kappa shape index (κ1) is 21.8. The lowest BCUT2D eigenvalue weighted by molar-refractivity contribution is 0.0919. The van der Waals surface area contributed by atoms with Gasteiger partial charge in [-0.1, -0.05) is 54.6 Å². The van der Waals surface area contributed by atoms with E-state index in [9.17, 15) is 14.4 Å². The van der Waals surface area contributed by atoms with Gasteiger partial charge in [0, 0.05) is 13.1 Å². The number of benzene rings is 2. The molecule has 2 heterocycles. The third-order valence-corrected chi connectivity index (χ3v) is 6.30. The lowest BCUT2D eigenvalue weighted by atomic mass is 9.99.